The number of benzene rings is 1. The fraction of sp³-hybridized carbons (Fsp3) is 0.364. The van der Waals surface area contributed by atoms with Crippen LogP contribution in [-0.2, 0) is 6.42 Å². The maximum Gasteiger partial charge on any atom is 0.195 e. The van der Waals surface area contributed by atoms with Crippen molar-refractivity contribution in [3.8, 4) is 5.75 Å². The number of oxazole rings is 1. The van der Waals surface area contributed by atoms with Crippen molar-refractivity contribution in [2.45, 2.75) is 19.8 Å². The number of hydrogen-bond donors (Lipinski definition) is 0. The molecule has 1 aromatic carbocycles. The van der Waals surface area contributed by atoms with E-state index in [4.69, 9.17) is 9.15 Å². The third kappa shape index (κ3) is 1.58. The summed E-state index contributed by atoms with van der Waals surface area (Å²) in [5, 5.41) is 0. The summed E-state index contributed by atoms with van der Waals surface area (Å²) in [6.07, 6.45) is 1.93. The number of aromatic nitrogens is 1. The Morgan fingerprint density at radius 1 is 1.43 bits per heavy atom. The lowest BCUT2D eigenvalue weighted by molar-refractivity contribution is 0.415. The van der Waals surface area contributed by atoms with Gasteiger partial charge in [-0.15, -0.1) is 0 Å². The van der Waals surface area contributed by atoms with Gasteiger partial charge in [-0.3, -0.25) is 0 Å². The Labute approximate surface area is 82.7 Å². The second-order valence-electron chi connectivity index (χ2n) is 3.19. The Morgan fingerprint density at radius 3 is 3.00 bits per heavy atom. The molecule has 74 valence electrons. The summed E-state index contributed by atoms with van der Waals surface area (Å²) < 4.78 is 10.7. The quantitative estimate of drug-likeness (QED) is 0.748. The summed E-state index contributed by atoms with van der Waals surface area (Å²) in [6.45, 7) is 2.11. The zero-order valence-corrected chi connectivity index (χ0v) is 8.41. The summed E-state index contributed by atoms with van der Waals surface area (Å²) in [5.74, 6) is 1.62. The van der Waals surface area contributed by atoms with Crippen molar-refractivity contribution in [1.29, 1.82) is 0 Å². The molecule has 0 amide bonds. The fourth-order valence-corrected chi connectivity index (χ4v) is 1.40. The molecular formula is C11H13NO2. The van der Waals surface area contributed by atoms with Crippen molar-refractivity contribution in [2.24, 2.45) is 0 Å². The molecule has 0 aliphatic heterocycles. The molecule has 0 atom stereocenters. The standard InChI is InChI=1S/C11H13NO2/c1-3-4-11-12-9-7-8(13-2)5-6-10(9)14-11/h5-7H,3-4H2,1-2H3. The van der Waals surface area contributed by atoms with Gasteiger partial charge in [-0.2, -0.15) is 0 Å². The van der Waals surface area contributed by atoms with Gasteiger partial charge in [-0.05, 0) is 18.6 Å². The first kappa shape index (κ1) is 9.06. The van der Waals surface area contributed by atoms with Gasteiger partial charge in [-0.25, -0.2) is 4.98 Å². The van der Waals surface area contributed by atoms with Crippen molar-refractivity contribution >= 4 is 11.1 Å². The highest BCUT2D eigenvalue weighted by Crippen LogP contribution is 2.21. The highest BCUT2D eigenvalue weighted by molar-refractivity contribution is 5.74. The smallest absolute Gasteiger partial charge is 0.195 e. The van der Waals surface area contributed by atoms with Crippen LogP contribution in [0.4, 0.5) is 0 Å². The molecule has 0 saturated heterocycles. The van der Waals surface area contributed by atoms with E-state index < -0.39 is 0 Å². The second kappa shape index (κ2) is 3.70. The van der Waals surface area contributed by atoms with Gasteiger partial charge in [0.1, 0.15) is 11.3 Å². The normalized spacial score (nSPS) is 10.7. The SMILES string of the molecule is CCCc1nc2cc(OC)ccc2o1. The van der Waals surface area contributed by atoms with Gasteiger partial charge >= 0.3 is 0 Å². The Hall–Kier alpha value is -1.51. The first-order chi connectivity index (χ1) is 6.83. The van der Waals surface area contributed by atoms with Gasteiger partial charge in [-0.1, -0.05) is 6.92 Å². The Bertz CT molecular complexity index is 434. The number of rotatable bonds is 3. The summed E-state index contributed by atoms with van der Waals surface area (Å²) in [6, 6.07) is 5.65. The fourth-order valence-electron chi connectivity index (χ4n) is 1.40. The van der Waals surface area contributed by atoms with Crippen LogP contribution in [0, 0.1) is 0 Å². The molecule has 2 rings (SSSR count). The molecule has 0 bridgehead atoms. The molecule has 0 N–H and O–H groups in total. The van der Waals surface area contributed by atoms with Crippen molar-refractivity contribution in [1.82, 2.24) is 4.98 Å². The van der Waals surface area contributed by atoms with E-state index in [2.05, 4.69) is 11.9 Å². The van der Waals surface area contributed by atoms with Crippen LogP contribution in [0.2, 0.25) is 0 Å². The number of methoxy groups -OCH3 is 1. The lowest BCUT2D eigenvalue weighted by atomic mass is 10.3. The molecule has 0 fully saturated rings. The molecule has 1 heterocycles. The maximum absolute atomic E-state index is 5.54. The third-order valence-electron chi connectivity index (χ3n) is 2.10. The Morgan fingerprint density at radius 2 is 2.29 bits per heavy atom. The molecular weight excluding hydrogens is 178 g/mol. The van der Waals surface area contributed by atoms with Gasteiger partial charge in [0.2, 0.25) is 0 Å². The predicted octanol–water partition coefficient (Wildman–Crippen LogP) is 2.79. The number of ether oxygens (including phenoxy) is 1. The van der Waals surface area contributed by atoms with E-state index in [0.29, 0.717) is 0 Å². The number of nitrogens with zero attached hydrogens (tertiary/aromatic N) is 1. The van der Waals surface area contributed by atoms with Gasteiger partial charge in [0.15, 0.2) is 11.5 Å². The van der Waals surface area contributed by atoms with E-state index in [-0.39, 0.29) is 0 Å². The molecule has 0 saturated carbocycles. The van der Waals surface area contributed by atoms with E-state index in [1.54, 1.807) is 7.11 Å². The first-order valence-corrected chi connectivity index (χ1v) is 4.77. The average Bonchev–Trinajstić information content (AvgIpc) is 2.59. The first-order valence-electron chi connectivity index (χ1n) is 4.77. The third-order valence-corrected chi connectivity index (χ3v) is 2.10. The van der Waals surface area contributed by atoms with E-state index in [9.17, 15) is 0 Å². The van der Waals surface area contributed by atoms with Crippen LogP contribution in [0.1, 0.15) is 19.2 Å². The molecule has 0 unspecified atom stereocenters. The Kier molecular flexibility index (Phi) is 2.39. The van der Waals surface area contributed by atoms with E-state index in [1.807, 2.05) is 18.2 Å². The summed E-state index contributed by atoms with van der Waals surface area (Å²) in [5.41, 5.74) is 1.70. The highest BCUT2D eigenvalue weighted by Gasteiger charge is 2.05. The van der Waals surface area contributed by atoms with Crippen LogP contribution in [0.3, 0.4) is 0 Å². The minimum absolute atomic E-state index is 0.802. The van der Waals surface area contributed by atoms with Crippen LogP contribution < -0.4 is 4.74 Å². The maximum atomic E-state index is 5.54. The van der Waals surface area contributed by atoms with E-state index in [1.165, 1.54) is 0 Å². The van der Waals surface area contributed by atoms with E-state index >= 15 is 0 Å². The van der Waals surface area contributed by atoms with Crippen LogP contribution in [-0.4, -0.2) is 12.1 Å². The van der Waals surface area contributed by atoms with E-state index in [0.717, 1.165) is 35.6 Å². The molecule has 0 spiro atoms. The molecule has 0 radical (unpaired) electrons. The molecule has 14 heavy (non-hydrogen) atoms. The van der Waals surface area contributed by atoms with Crippen molar-refractivity contribution in [3.05, 3.63) is 24.1 Å². The van der Waals surface area contributed by atoms with Crippen LogP contribution >= 0.6 is 0 Å². The molecule has 0 aliphatic rings. The van der Waals surface area contributed by atoms with Crippen molar-refractivity contribution in [3.63, 3.8) is 0 Å². The predicted molar refractivity (Wildman–Crippen MR) is 54.6 cm³/mol. The molecule has 1 aromatic heterocycles. The molecule has 3 heteroatoms. The van der Waals surface area contributed by atoms with Gasteiger partial charge < -0.3 is 9.15 Å². The topological polar surface area (TPSA) is 35.3 Å². The number of hydrogen-bond acceptors (Lipinski definition) is 3. The minimum Gasteiger partial charge on any atom is -0.497 e. The molecule has 2 aromatic rings. The zero-order chi connectivity index (χ0) is 9.97. The number of fused-ring (bicyclic) bond motifs is 1. The van der Waals surface area contributed by atoms with Crippen molar-refractivity contribution in [2.75, 3.05) is 7.11 Å². The average molecular weight is 191 g/mol. The lowest BCUT2D eigenvalue weighted by Crippen LogP contribution is -1.82. The zero-order valence-electron chi connectivity index (χ0n) is 8.41. The van der Waals surface area contributed by atoms with Crippen molar-refractivity contribution < 1.29 is 9.15 Å². The largest absolute Gasteiger partial charge is 0.497 e. The van der Waals surface area contributed by atoms with Crippen LogP contribution in [0.15, 0.2) is 22.6 Å². The highest BCUT2D eigenvalue weighted by atomic mass is 16.5. The van der Waals surface area contributed by atoms with Crippen LogP contribution in [0.25, 0.3) is 11.1 Å². The summed E-state index contributed by atoms with van der Waals surface area (Å²) in [4.78, 5) is 4.36. The van der Waals surface area contributed by atoms with Crippen LogP contribution in [0.5, 0.6) is 5.75 Å². The lowest BCUT2D eigenvalue weighted by Gasteiger charge is -1.95. The number of aryl methyl sites for hydroxylation is 1. The Balaban J connectivity index is 2.43. The summed E-state index contributed by atoms with van der Waals surface area (Å²) >= 11 is 0. The van der Waals surface area contributed by atoms with Gasteiger partial charge in [0, 0.05) is 12.5 Å². The molecule has 3 nitrogen and oxygen atoms in total. The minimum atomic E-state index is 0.802. The second-order valence-corrected chi connectivity index (χ2v) is 3.19. The molecule has 0 aliphatic carbocycles. The summed E-state index contributed by atoms with van der Waals surface area (Å²) in [7, 11) is 1.65. The van der Waals surface area contributed by atoms with Gasteiger partial charge in [0.05, 0.1) is 7.11 Å². The van der Waals surface area contributed by atoms with Gasteiger partial charge in [0.25, 0.3) is 0 Å². The monoisotopic (exact) mass is 191 g/mol.